The fourth-order valence-corrected chi connectivity index (χ4v) is 11.9. The lowest BCUT2D eigenvalue weighted by molar-refractivity contribution is -0.0820. The molecule has 0 radical (unpaired) electrons. The topological polar surface area (TPSA) is 0 Å². The van der Waals surface area contributed by atoms with Crippen LogP contribution in [0.3, 0.4) is 0 Å². The number of halogens is 1. The number of benzene rings is 4. The Balaban J connectivity index is 1.14. The molecular weight excluding hydrogens is 492 g/mol. The van der Waals surface area contributed by atoms with Crippen LogP contribution in [0.4, 0.5) is 0 Å². The summed E-state index contributed by atoms with van der Waals surface area (Å²) in [4.78, 5) is 0. The summed E-state index contributed by atoms with van der Waals surface area (Å²) in [5, 5.41) is 0.822. The summed E-state index contributed by atoms with van der Waals surface area (Å²) >= 11 is 6.43. The summed E-state index contributed by atoms with van der Waals surface area (Å²) in [6.45, 7) is 4.69. The van der Waals surface area contributed by atoms with Crippen molar-refractivity contribution >= 4 is 11.6 Å². The van der Waals surface area contributed by atoms with Gasteiger partial charge in [-0.25, -0.2) is 0 Å². The van der Waals surface area contributed by atoms with Crippen LogP contribution < -0.4 is 0 Å². The molecule has 4 saturated carbocycles. The zero-order chi connectivity index (χ0) is 25.9. The highest BCUT2D eigenvalue weighted by Crippen LogP contribution is 2.85. The molecule has 4 fully saturated rings. The fourth-order valence-electron chi connectivity index (χ4n) is 11.7. The third kappa shape index (κ3) is 2.32. The molecule has 10 rings (SSSR count). The van der Waals surface area contributed by atoms with Crippen molar-refractivity contribution < 1.29 is 0 Å². The summed E-state index contributed by atoms with van der Waals surface area (Å²) in [5.41, 5.74) is 15.3. The summed E-state index contributed by atoms with van der Waals surface area (Å²) in [6, 6.07) is 30.6. The Labute approximate surface area is 236 Å². The average molecular weight is 525 g/mol. The normalized spacial score (nSPS) is 34.4. The van der Waals surface area contributed by atoms with Crippen molar-refractivity contribution in [2.75, 3.05) is 0 Å². The maximum atomic E-state index is 6.43. The Morgan fingerprint density at radius 1 is 0.590 bits per heavy atom. The Hall–Kier alpha value is -2.83. The van der Waals surface area contributed by atoms with Crippen molar-refractivity contribution in [1.82, 2.24) is 0 Å². The zero-order valence-corrected chi connectivity index (χ0v) is 23.5. The molecule has 0 heterocycles. The van der Waals surface area contributed by atoms with Crippen molar-refractivity contribution in [3.05, 3.63) is 106 Å². The van der Waals surface area contributed by atoms with Gasteiger partial charge in [0, 0.05) is 15.9 Å². The quantitative estimate of drug-likeness (QED) is 0.232. The first-order valence-electron chi connectivity index (χ1n) is 15.1. The van der Waals surface area contributed by atoms with Crippen LogP contribution in [-0.2, 0) is 10.8 Å². The Morgan fingerprint density at radius 2 is 1.21 bits per heavy atom. The molecule has 0 aliphatic heterocycles. The van der Waals surface area contributed by atoms with Crippen LogP contribution in [0.2, 0.25) is 5.02 Å². The van der Waals surface area contributed by atoms with Gasteiger partial charge in [-0.1, -0.05) is 80.0 Å². The molecule has 0 nitrogen and oxygen atoms in total. The summed E-state index contributed by atoms with van der Waals surface area (Å²) in [7, 11) is 0. The van der Waals surface area contributed by atoms with E-state index in [4.69, 9.17) is 11.6 Å². The van der Waals surface area contributed by atoms with Gasteiger partial charge in [-0.15, -0.1) is 0 Å². The molecule has 4 aromatic rings. The second-order valence-corrected chi connectivity index (χ2v) is 14.9. The van der Waals surface area contributed by atoms with Crippen LogP contribution >= 0.6 is 11.6 Å². The first-order valence-corrected chi connectivity index (χ1v) is 15.5. The van der Waals surface area contributed by atoms with Crippen LogP contribution in [0, 0.1) is 29.1 Å². The van der Waals surface area contributed by atoms with E-state index in [9.17, 15) is 0 Å². The van der Waals surface area contributed by atoms with E-state index in [1.54, 1.807) is 11.1 Å². The Bertz CT molecular complexity index is 1750. The highest BCUT2D eigenvalue weighted by atomic mass is 35.5. The molecule has 39 heavy (non-hydrogen) atoms. The van der Waals surface area contributed by atoms with Crippen molar-refractivity contribution in [2.24, 2.45) is 29.1 Å². The maximum absolute atomic E-state index is 6.43. The van der Waals surface area contributed by atoms with E-state index in [-0.39, 0.29) is 10.8 Å². The van der Waals surface area contributed by atoms with Gasteiger partial charge >= 0.3 is 0 Å². The SMILES string of the molecule is CC1(C)c2cc(Cl)ccc2-c2ccc(-c3ccc4c(c3)-c3ccccc3C43C4CC5CC6CC3C4(C5)C6)cc21. The van der Waals surface area contributed by atoms with Gasteiger partial charge in [-0.3, -0.25) is 0 Å². The smallest absolute Gasteiger partial charge is 0.0409 e. The van der Waals surface area contributed by atoms with E-state index in [1.807, 2.05) is 6.07 Å². The highest BCUT2D eigenvalue weighted by Gasteiger charge is 2.79. The van der Waals surface area contributed by atoms with Crippen molar-refractivity contribution in [2.45, 2.75) is 56.8 Å². The van der Waals surface area contributed by atoms with Gasteiger partial charge in [0.25, 0.3) is 0 Å². The van der Waals surface area contributed by atoms with Gasteiger partial charge in [0.15, 0.2) is 0 Å². The van der Waals surface area contributed by atoms with E-state index in [2.05, 4.69) is 86.6 Å². The highest BCUT2D eigenvalue weighted by molar-refractivity contribution is 6.30. The summed E-state index contributed by atoms with van der Waals surface area (Å²) < 4.78 is 0. The number of hydrogen-bond acceptors (Lipinski definition) is 0. The lowest BCUT2D eigenvalue weighted by Crippen LogP contribution is -2.62. The van der Waals surface area contributed by atoms with E-state index in [0.717, 1.165) is 28.7 Å². The van der Waals surface area contributed by atoms with Gasteiger partial charge in [0.1, 0.15) is 0 Å². The molecule has 0 aromatic heterocycles. The minimum atomic E-state index is -0.0555. The predicted molar refractivity (Wildman–Crippen MR) is 160 cm³/mol. The van der Waals surface area contributed by atoms with E-state index >= 15 is 0 Å². The minimum absolute atomic E-state index is 0.0555. The average Bonchev–Trinajstić information content (AvgIpc) is 3.54. The van der Waals surface area contributed by atoms with Gasteiger partial charge in [-0.2, -0.15) is 0 Å². The Morgan fingerprint density at radius 3 is 2.00 bits per heavy atom. The van der Waals surface area contributed by atoms with E-state index in [1.165, 1.54) is 76.6 Å². The van der Waals surface area contributed by atoms with Gasteiger partial charge < -0.3 is 0 Å². The molecule has 0 saturated heterocycles. The van der Waals surface area contributed by atoms with Crippen LogP contribution in [0.15, 0.2) is 78.9 Å². The molecule has 6 aliphatic rings. The predicted octanol–water partition coefficient (Wildman–Crippen LogP) is 10.0. The molecule has 1 heteroatoms. The fraction of sp³-hybridized carbons (Fsp3) is 0.368. The molecular formula is C38H33Cl. The van der Waals surface area contributed by atoms with E-state index in [0.29, 0.717) is 5.41 Å². The minimum Gasteiger partial charge on any atom is -0.0843 e. The molecule has 3 bridgehead atoms. The second-order valence-electron chi connectivity index (χ2n) is 14.4. The zero-order valence-electron chi connectivity index (χ0n) is 22.7. The van der Waals surface area contributed by atoms with Gasteiger partial charge in [-0.05, 0) is 141 Å². The molecule has 0 N–H and O–H groups in total. The monoisotopic (exact) mass is 524 g/mol. The first kappa shape index (κ1) is 21.9. The molecule has 4 atom stereocenters. The molecule has 4 aromatic carbocycles. The molecule has 4 unspecified atom stereocenters. The van der Waals surface area contributed by atoms with Crippen LogP contribution in [0.5, 0.6) is 0 Å². The number of rotatable bonds is 1. The van der Waals surface area contributed by atoms with Crippen LogP contribution in [-0.4, -0.2) is 0 Å². The lowest BCUT2D eigenvalue weighted by Gasteiger charge is -2.64. The molecule has 192 valence electrons. The molecule has 2 spiro atoms. The maximum Gasteiger partial charge on any atom is 0.0409 e. The largest absolute Gasteiger partial charge is 0.0843 e. The summed E-state index contributed by atoms with van der Waals surface area (Å²) in [6.07, 6.45) is 7.49. The molecule has 6 aliphatic carbocycles. The van der Waals surface area contributed by atoms with Crippen LogP contribution in [0.1, 0.15) is 68.2 Å². The number of fused-ring (bicyclic) bond motifs is 12. The standard InChI is InChI=1S/C38H33Cl/c1-36(2)32-17-24(7-10-27(32)28-11-9-25(39)18-33(28)36)23-8-12-31-29(16-23)26-5-3-4-6-30(26)38(31)34-14-21-13-22-15-35(38)37(34,19-21)20-22/h3-12,16-18,21-22,34-35H,13-15,19-20H2,1-2H3. The van der Waals surface area contributed by atoms with E-state index < -0.39 is 0 Å². The van der Waals surface area contributed by atoms with Crippen LogP contribution in [0.25, 0.3) is 33.4 Å². The second kappa shape index (κ2) is 6.72. The van der Waals surface area contributed by atoms with Crippen molar-refractivity contribution in [3.63, 3.8) is 0 Å². The Kier molecular flexibility index (Phi) is 3.78. The van der Waals surface area contributed by atoms with Crippen molar-refractivity contribution in [3.8, 4) is 33.4 Å². The van der Waals surface area contributed by atoms with Crippen molar-refractivity contribution in [1.29, 1.82) is 0 Å². The summed E-state index contributed by atoms with van der Waals surface area (Å²) in [5.74, 6) is 3.68. The third-order valence-corrected chi connectivity index (χ3v) is 13.0. The molecule has 0 amide bonds. The van der Waals surface area contributed by atoms with Gasteiger partial charge in [0.2, 0.25) is 0 Å². The third-order valence-electron chi connectivity index (χ3n) is 12.7. The number of hydrogen-bond donors (Lipinski definition) is 0. The lowest BCUT2D eigenvalue weighted by atomic mass is 9.38. The van der Waals surface area contributed by atoms with Gasteiger partial charge in [0.05, 0.1) is 0 Å². The first-order chi connectivity index (χ1) is 18.9.